The number of carbonyl (C=O) groups is 1. The summed E-state index contributed by atoms with van der Waals surface area (Å²) in [5.41, 5.74) is 1.47. The second kappa shape index (κ2) is 9.89. The van der Waals surface area contributed by atoms with E-state index in [0.717, 1.165) is 37.5 Å². The number of hydrogen-bond donors (Lipinski definition) is 1. The van der Waals surface area contributed by atoms with Crippen molar-refractivity contribution in [3.63, 3.8) is 0 Å². The number of piperazine rings is 1. The molecular weight excluding hydrogens is 358 g/mol. The number of amides is 1. The second-order valence-corrected chi connectivity index (χ2v) is 6.51. The van der Waals surface area contributed by atoms with Crippen LogP contribution in [0.2, 0.25) is 0 Å². The monoisotopic (exact) mass is 385 g/mol. The van der Waals surface area contributed by atoms with E-state index < -0.39 is 0 Å². The van der Waals surface area contributed by atoms with Crippen molar-refractivity contribution in [2.45, 2.75) is 6.42 Å². The molecule has 150 valence electrons. The molecule has 0 bridgehead atoms. The topological polar surface area (TPSA) is 79.8 Å². The molecule has 1 fully saturated rings. The van der Waals surface area contributed by atoms with Crippen LogP contribution in [0.15, 0.2) is 36.7 Å². The molecular formula is C20H27N5O3. The van der Waals surface area contributed by atoms with Crippen molar-refractivity contribution >= 4 is 17.4 Å². The maximum atomic E-state index is 12.8. The van der Waals surface area contributed by atoms with Crippen LogP contribution in [0.3, 0.4) is 0 Å². The van der Waals surface area contributed by atoms with Gasteiger partial charge in [0.1, 0.15) is 23.6 Å². The van der Waals surface area contributed by atoms with Crippen molar-refractivity contribution in [3.05, 3.63) is 42.4 Å². The Labute approximate surface area is 165 Å². The zero-order chi connectivity index (χ0) is 19.8. The van der Waals surface area contributed by atoms with E-state index in [1.807, 2.05) is 29.2 Å². The molecule has 2 aromatic rings. The first-order valence-corrected chi connectivity index (χ1v) is 9.45. The maximum Gasteiger partial charge on any atom is 0.272 e. The van der Waals surface area contributed by atoms with Gasteiger partial charge in [-0.15, -0.1) is 0 Å². The van der Waals surface area contributed by atoms with Crippen molar-refractivity contribution in [3.8, 4) is 5.75 Å². The summed E-state index contributed by atoms with van der Waals surface area (Å²) >= 11 is 0. The highest BCUT2D eigenvalue weighted by Gasteiger charge is 2.24. The summed E-state index contributed by atoms with van der Waals surface area (Å²) in [4.78, 5) is 25.3. The molecule has 1 amide bonds. The first kappa shape index (κ1) is 19.9. The van der Waals surface area contributed by atoms with Gasteiger partial charge in [0.15, 0.2) is 0 Å². The summed E-state index contributed by atoms with van der Waals surface area (Å²) in [6.45, 7) is 4.18. The van der Waals surface area contributed by atoms with Crippen LogP contribution in [-0.4, -0.2) is 74.3 Å². The van der Waals surface area contributed by atoms with Gasteiger partial charge in [0.25, 0.3) is 5.91 Å². The van der Waals surface area contributed by atoms with E-state index in [2.05, 4.69) is 20.2 Å². The number of hydrogen-bond acceptors (Lipinski definition) is 7. The number of nitrogens with one attached hydrogen (secondary N) is 1. The number of nitrogens with zero attached hydrogens (tertiary/aromatic N) is 4. The van der Waals surface area contributed by atoms with Crippen LogP contribution in [0.1, 0.15) is 16.9 Å². The molecule has 1 saturated heterocycles. The Bertz CT molecular complexity index is 778. The molecule has 1 aromatic heterocycles. The molecule has 1 aliphatic rings. The molecule has 0 spiro atoms. The van der Waals surface area contributed by atoms with Crippen molar-refractivity contribution in [1.82, 2.24) is 14.9 Å². The van der Waals surface area contributed by atoms with E-state index in [9.17, 15) is 4.79 Å². The molecule has 8 nitrogen and oxygen atoms in total. The minimum Gasteiger partial charge on any atom is -0.495 e. The predicted octanol–water partition coefficient (Wildman–Crippen LogP) is 1.90. The lowest BCUT2D eigenvalue weighted by Gasteiger charge is -2.36. The lowest BCUT2D eigenvalue weighted by molar-refractivity contribution is 0.0740. The van der Waals surface area contributed by atoms with Crippen LogP contribution < -0.4 is 15.0 Å². The fraction of sp³-hybridized carbons (Fsp3) is 0.450. The second-order valence-electron chi connectivity index (χ2n) is 6.51. The van der Waals surface area contributed by atoms with E-state index in [1.54, 1.807) is 20.3 Å². The van der Waals surface area contributed by atoms with Crippen molar-refractivity contribution in [2.75, 3.05) is 63.8 Å². The Morgan fingerprint density at radius 3 is 2.68 bits per heavy atom. The summed E-state index contributed by atoms with van der Waals surface area (Å²) in [6, 6.07) is 9.66. The van der Waals surface area contributed by atoms with E-state index in [4.69, 9.17) is 9.47 Å². The molecule has 0 aliphatic carbocycles. The number of anilines is 2. The standard InChI is InChI=1S/C20H27N5O3/c1-27-13-5-8-21-19-14-16(22-15-23-19)20(26)25-11-9-24(10-12-25)17-6-3-4-7-18(17)28-2/h3-4,6-7,14-15H,5,8-13H2,1-2H3,(H,21,22,23). The van der Waals surface area contributed by atoms with Gasteiger partial charge in [-0.25, -0.2) is 9.97 Å². The molecule has 3 rings (SSSR count). The Balaban J connectivity index is 1.58. The van der Waals surface area contributed by atoms with Crippen LogP contribution >= 0.6 is 0 Å². The van der Waals surface area contributed by atoms with Gasteiger partial charge in [-0.05, 0) is 18.6 Å². The highest BCUT2D eigenvalue weighted by Crippen LogP contribution is 2.28. The maximum absolute atomic E-state index is 12.8. The number of para-hydroxylation sites is 2. The predicted molar refractivity (Wildman–Crippen MR) is 108 cm³/mol. The summed E-state index contributed by atoms with van der Waals surface area (Å²) in [5.74, 6) is 1.44. The van der Waals surface area contributed by atoms with Crippen molar-refractivity contribution < 1.29 is 14.3 Å². The molecule has 1 aromatic carbocycles. The highest BCUT2D eigenvalue weighted by atomic mass is 16.5. The lowest BCUT2D eigenvalue weighted by Crippen LogP contribution is -2.49. The third kappa shape index (κ3) is 4.89. The van der Waals surface area contributed by atoms with E-state index >= 15 is 0 Å². The molecule has 0 atom stereocenters. The average molecular weight is 385 g/mol. The van der Waals surface area contributed by atoms with E-state index in [-0.39, 0.29) is 5.91 Å². The number of benzene rings is 1. The highest BCUT2D eigenvalue weighted by molar-refractivity contribution is 5.93. The van der Waals surface area contributed by atoms with Gasteiger partial charge in [-0.1, -0.05) is 12.1 Å². The Morgan fingerprint density at radius 2 is 1.93 bits per heavy atom. The Morgan fingerprint density at radius 1 is 1.14 bits per heavy atom. The Kier molecular flexibility index (Phi) is 7.02. The fourth-order valence-electron chi connectivity index (χ4n) is 3.21. The van der Waals surface area contributed by atoms with Crippen molar-refractivity contribution in [1.29, 1.82) is 0 Å². The number of rotatable bonds is 8. The van der Waals surface area contributed by atoms with Gasteiger partial charge < -0.3 is 24.6 Å². The third-order valence-electron chi connectivity index (χ3n) is 4.71. The molecule has 0 radical (unpaired) electrons. The van der Waals surface area contributed by atoms with Gasteiger partial charge in [0.2, 0.25) is 0 Å². The van der Waals surface area contributed by atoms with Gasteiger partial charge in [0.05, 0.1) is 12.8 Å². The molecule has 28 heavy (non-hydrogen) atoms. The fourth-order valence-corrected chi connectivity index (χ4v) is 3.21. The molecule has 8 heteroatoms. The van der Waals surface area contributed by atoms with Gasteiger partial charge in [-0.2, -0.15) is 0 Å². The largest absolute Gasteiger partial charge is 0.495 e. The molecule has 2 heterocycles. The number of methoxy groups -OCH3 is 2. The van der Waals surface area contributed by atoms with E-state index in [1.165, 1.54) is 6.33 Å². The molecule has 0 saturated carbocycles. The minimum atomic E-state index is -0.0676. The summed E-state index contributed by atoms with van der Waals surface area (Å²) in [7, 11) is 3.35. The zero-order valence-corrected chi connectivity index (χ0v) is 16.4. The van der Waals surface area contributed by atoms with Gasteiger partial charge >= 0.3 is 0 Å². The van der Waals surface area contributed by atoms with Crippen LogP contribution in [-0.2, 0) is 4.74 Å². The van der Waals surface area contributed by atoms with Gasteiger partial charge in [0, 0.05) is 52.5 Å². The van der Waals surface area contributed by atoms with Crippen LogP contribution in [0.25, 0.3) is 0 Å². The van der Waals surface area contributed by atoms with Crippen molar-refractivity contribution in [2.24, 2.45) is 0 Å². The van der Waals surface area contributed by atoms with Crippen LogP contribution in [0.4, 0.5) is 11.5 Å². The normalized spacial score (nSPS) is 14.1. The van der Waals surface area contributed by atoms with Crippen LogP contribution in [0, 0.1) is 0 Å². The number of ether oxygens (including phenoxy) is 2. The summed E-state index contributed by atoms with van der Waals surface area (Å²) < 4.78 is 10.5. The summed E-state index contributed by atoms with van der Waals surface area (Å²) in [5, 5.41) is 3.19. The molecule has 1 N–H and O–H groups in total. The first-order chi connectivity index (χ1) is 13.7. The average Bonchev–Trinajstić information content (AvgIpc) is 2.76. The van der Waals surface area contributed by atoms with E-state index in [0.29, 0.717) is 31.2 Å². The Hall–Kier alpha value is -2.87. The van der Waals surface area contributed by atoms with Crippen LogP contribution in [0.5, 0.6) is 5.75 Å². The zero-order valence-electron chi connectivity index (χ0n) is 16.4. The molecule has 0 unspecified atom stereocenters. The third-order valence-corrected chi connectivity index (χ3v) is 4.71. The quantitative estimate of drug-likeness (QED) is 0.695. The van der Waals surface area contributed by atoms with Gasteiger partial charge in [-0.3, -0.25) is 4.79 Å². The SMILES string of the molecule is COCCCNc1cc(C(=O)N2CCN(c3ccccc3OC)CC2)ncn1. The first-order valence-electron chi connectivity index (χ1n) is 9.45. The minimum absolute atomic E-state index is 0.0676. The lowest BCUT2D eigenvalue weighted by atomic mass is 10.2. The number of aromatic nitrogens is 2. The number of carbonyl (C=O) groups excluding carboxylic acids is 1. The smallest absolute Gasteiger partial charge is 0.272 e. The molecule has 1 aliphatic heterocycles. The summed E-state index contributed by atoms with van der Waals surface area (Å²) in [6.07, 6.45) is 2.30.